The molecule has 1 aromatic carbocycles. The predicted molar refractivity (Wildman–Crippen MR) is 98.8 cm³/mol. The van der Waals surface area contributed by atoms with Crippen molar-refractivity contribution >= 4 is 23.4 Å². The molecule has 140 valence electrons. The van der Waals surface area contributed by atoms with Crippen molar-refractivity contribution in [2.24, 2.45) is 0 Å². The Labute approximate surface area is 153 Å². The van der Waals surface area contributed by atoms with E-state index in [1.165, 1.54) is 4.90 Å². The van der Waals surface area contributed by atoms with E-state index in [9.17, 15) is 14.4 Å². The number of anilines is 1. The van der Waals surface area contributed by atoms with Gasteiger partial charge in [-0.1, -0.05) is 0 Å². The maximum absolute atomic E-state index is 12.3. The zero-order valence-electron chi connectivity index (χ0n) is 15.3. The summed E-state index contributed by atoms with van der Waals surface area (Å²) < 4.78 is 0. The fourth-order valence-corrected chi connectivity index (χ4v) is 3.18. The highest BCUT2D eigenvalue weighted by Gasteiger charge is 2.34. The topological polar surface area (TPSA) is 81.8 Å². The first-order valence-electron chi connectivity index (χ1n) is 9.10. The van der Waals surface area contributed by atoms with Crippen molar-refractivity contribution in [2.45, 2.75) is 37.8 Å². The van der Waals surface area contributed by atoms with Gasteiger partial charge < -0.3 is 15.5 Å². The number of carbonyl (C=O) groups is 3. The van der Waals surface area contributed by atoms with Crippen LogP contribution in [0.4, 0.5) is 5.69 Å². The Bertz CT molecular complexity index is 683. The molecule has 1 aliphatic heterocycles. The maximum Gasteiger partial charge on any atom is 0.253 e. The third-order valence-corrected chi connectivity index (χ3v) is 4.76. The zero-order chi connectivity index (χ0) is 18.7. The Morgan fingerprint density at radius 2 is 1.81 bits per heavy atom. The van der Waals surface area contributed by atoms with Crippen LogP contribution in [0.2, 0.25) is 0 Å². The molecule has 1 heterocycles. The highest BCUT2D eigenvalue weighted by Crippen LogP contribution is 2.22. The minimum Gasteiger partial charge on any atom is -0.352 e. The molecular weight excluding hydrogens is 332 g/mol. The lowest BCUT2D eigenvalue weighted by atomic mass is 10.2. The number of benzene rings is 1. The van der Waals surface area contributed by atoms with Crippen molar-refractivity contribution in [3.63, 3.8) is 0 Å². The highest BCUT2D eigenvalue weighted by molar-refractivity contribution is 5.96. The van der Waals surface area contributed by atoms with Crippen LogP contribution < -0.4 is 10.6 Å². The third kappa shape index (κ3) is 4.60. The van der Waals surface area contributed by atoms with E-state index in [0.717, 1.165) is 32.2 Å². The number of nitrogens with one attached hydrogen (secondary N) is 2. The lowest BCUT2D eigenvalue weighted by molar-refractivity contribution is -0.126. The standard InChI is InChI=1S/C19H26N4O3/c1-22(2)19(26)13-5-7-14(8-6-13)20-17(24)12-23-11-3-4-16(23)18(25)21-15-9-10-15/h5-8,15-16H,3-4,9-12H2,1-2H3,(H,20,24)(H,21,25). The van der Waals surface area contributed by atoms with Crippen LogP contribution in [0.15, 0.2) is 24.3 Å². The fraction of sp³-hybridized carbons (Fsp3) is 0.526. The van der Waals surface area contributed by atoms with Crippen LogP contribution in [0.25, 0.3) is 0 Å². The number of hydrogen-bond donors (Lipinski definition) is 2. The van der Waals surface area contributed by atoms with Gasteiger partial charge in [-0.15, -0.1) is 0 Å². The highest BCUT2D eigenvalue weighted by atomic mass is 16.2. The molecule has 1 saturated carbocycles. The average molecular weight is 358 g/mol. The minimum absolute atomic E-state index is 0.0457. The van der Waals surface area contributed by atoms with E-state index in [0.29, 0.717) is 17.3 Å². The summed E-state index contributed by atoms with van der Waals surface area (Å²) in [6.07, 6.45) is 3.85. The van der Waals surface area contributed by atoms with Crippen molar-refractivity contribution in [2.75, 3.05) is 32.5 Å². The van der Waals surface area contributed by atoms with E-state index in [2.05, 4.69) is 10.6 Å². The largest absolute Gasteiger partial charge is 0.352 e. The summed E-state index contributed by atoms with van der Waals surface area (Å²) in [6.45, 7) is 0.952. The van der Waals surface area contributed by atoms with Crippen LogP contribution >= 0.6 is 0 Å². The van der Waals surface area contributed by atoms with Crippen molar-refractivity contribution in [3.05, 3.63) is 29.8 Å². The van der Waals surface area contributed by atoms with Crippen molar-refractivity contribution in [3.8, 4) is 0 Å². The summed E-state index contributed by atoms with van der Waals surface area (Å²) in [6, 6.07) is 6.95. The summed E-state index contributed by atoms with van der Waals surface area (Å²) in [5.41, 5.74) is 1.22. The average Bonchev–Trinajstić information content (AvgIpc) is 3.30. The molecule has 1 aromatic rings. The van der Waals surface area contributed by atoms with Crippen molar-refractivity contribution in [1.82, 2.24) is 15.1 Å². The first kappa shape index (κ1) is 18.4. The molecule has 26 heavy (non-hydrogen) atoms. The monoisotopic (exact) mass is 358 g/mol. The van der Waals surface area contributed by atoms with Gasteiger partial charge in [0.05, 0.1) is 12.6 Å². The molecule has 1 aliphatic carbocycles. The summed E-state index contributed by atoms with van der Waals surface area (Å²) in [5.74, 6) is -0.184. The Hall–Kier alpha value is -2.41. The van der Waals surface area contributed by atoms with E-state index >= 15 is 0 Å². The predicted octanol–water partition coefficient (Wildman–Crippen LogP) is 1.07. The third-order valence-electron chi connectivity index (χ3n) is 4.76. The second kappa shape index (κ2) is 7.86. The second-order valence-electron chi connectivity index (χ2n) is 7.24. The lowest BCUT2D eigenvalue weighted by Gasteiger charge is -2.23. The normalized spacial score (nSPS) is 19.8. The van der Waals surface area contributed by atoms with E-state index in [1.54, 1.807) is 38.4 Å². The van der Waals surface area contributed by atoms with Crippen LogP contribution in [-0.4, -0.2) is 66.8 Å². The summed E-state index contributed by atoms with van der Waals surface area (Å²) >= 11 is 0. The van der Waals surface area contributed by atoms with Gasteiger partial charge in [0.15, 0.2) is 0 Å². The Morgan fingerprint density at radius 3 is 2.42 bits per heavy atom. The molecule has 0 aromatic heterocycles. The van der Waals surface area contributed by atoms with Gasteiger partial charge in [-0.25, -0.2) is 0 Å². The molecule has 0 bridgehead atoms. The van der Waals surface area contributed by atoms with Gasteiger partial charge in [0.1, 0.15) is 0 Å². The quantitative estimate of drug-likeness (QED) is 0.797. The molecule has 1 saturated heterocycles. The molecule has 2 N–H and O–H groups in total. The number of likely N-dealkylation sites (tertiary alicyclic amines) is 1. The number of carbonyl (C=O) groups excluding carboxylic acids is 3. The second-order valence-corrected chi connectivity index (χ2v) is 7.24. The Kier molecular flexibility index (Phi) is 5.56. The van der Waals surface area contributed by atoms with Crippen molar-refractivity contribution in [1.29, 1.82) is 0 Å². The van der Waals surface area contributed by atoms with Gasteiger partial charge in [0.2, 0.25) is 11.8 Å². The van der Waals surface area contributed by atoms with Crippen LogP contribution in [0, 0.1) is 0 Å². The van der Waals surface area contributed by atoms with Gasteiger partial charge >= 0.3 is 0 Å². The van der Waals surface area contributed by atoms with E-state index in [1.807, 2.05) is 4.90 Å². The molecule has 3 rings (SSSR count). The molecule has 7 heteroatoms. The van der Waals surface area contributed by atoms with Gasteiger partial charge in [0, 0.05) is 31.4 Å². The number of nitrogens with zero attached hydrogens (tertiary/aromatic N) is 2. The SMILES string of the molecule is CN(C)C(=O)c1ccc(NC(=O)CN2CCCC2C(=O)NC2CC2)cc1. The molecule has 1 unspecified atom stereocenters. The number of amides is 3. The molecule has 7 nitrogen and oxygen atoms in total. The lowest BCUT2D eigenvalue weighted by Crippen LogP contribution is -2.46. The van der Waals surface area contributed by atoms with Crippen LogP contribution in [0.1, 0.15) is 36.0 Å². The summed E-state index contributed by atoms with van der Waals surface area (Å²) in [7, 11) is 3.40. The van der Waals surface area contributed by atoms with Crippen LogP contribution in [0.3, 0.4) is 0 Å². The number of rotatable bonds is 6. The molecule has 0 spiro atoms. The first-order valence-corrected chi connectivity index (χ1v) is 9.10. The zero-order valence-corrected chi connectivity index (χ0v) is 15.3. The molecule has 1 atom stereocenters. The number of hydrogen-bond acceptors (Lipinski definition) is 4. The molecule has 2 aliphatic rings. The van der Waals surface area contributed by atoms with Crippen LogP contribution in [0.5, 0.6) is 0 Å². The maximum atomic E-state index is 12.3. The van der Waals surface area contributed by atoms with Gasteiger partial charge in [-0.3, -0.25) is 19.3 Å². The van der Waals surface area contributed by atoms with E-state index < -0.39 is 0 Å². The van der Waals surface area contributed by atoms with E-state index in [4.69, 9.17) is 0 Å². The summed E-state index contributed by atoms with van der Waals surface area (Å²) in [4.78, 5) is 40.0. The van der Waals surface area contributed by atoms with E-state index in [-0.39, 0.29) is 30.3 Å². The molecular formula is C19H26N4O3. The van der Waals surface area contributed by atoms with Gasteiger partial charge in [-0.05, 0) is 56.5 Å². The first-order chi connectivity index (χ1) is 12.4. The summed E-state index contributed by atoms with van der Waals surface area (Å²) in [5, 5.41) is 5.87. The Morgan fingerprint density at radius 1 is 1.12 bits per heavy atom. The smallest absolute Gasteiger partial charge is 0.253 e. The fourth-order valence-electron chi connectivity index (χ4n) is 3.18. The molecule has 2 fully saturated rings. The Balaban J connectivity index is 1.53. The van der Waals surface area contributed by atoms with Gasteiger partial charge in [-0.2, -0.15) is 0 Å². The molecule has 3 amide bonds. The van der Waals surface area contributed by atoms with Crippen molar-refractivity contribution < 1.29 is 14.4 Å². The molecule has 0 radical (unpaired) electrons. The minimum atomic E-state index is -0.207. The van der Waals surface area contributed by atoms with Crippen LogP contribution in [-0.2, 0) is 9.59 Å². The van der Waals surface area contributed by atoms with Gasteiger partial charge in [0.25, 0.3) is 5.91 Å².